The fraction of sp³-hybridized carbons (Fsp3) is 0.500. The van der Waals surface area contributed by atoms with Gasteiger partial charge in [0.1, 0.15) is 21.9 Å². The molecule has 0 aromatic carbocycles. The number of carboxylic acids is 1. The van der Waals surface area contributed by atoms with Crippen molar-refractivity contribution in [1.29, 1.82) is 0 Å². The number of hydrogen-bond acceptors (Lipinski definition) is 6. The Morgan fingerprint density at radius 3 is 2.90 bits per heavy atom. The number of fused-ring (bicyclic) bond motifs is 1. The molecule has 6 nitrogen and oxygen atoms in total. The Labute approximate surface area is 126 Å². The molecule has 1 saturated heterocycles. The van der Waals surface area contributed by atoms with Crippen molar-refractivity contribution in [3.63, 3.8) is 0 Å². The third-order valence-electron chi connectivity index (χ3n) is 3.63. The van der Waals surface area contributed by atoms with Gasteiger partial charge in [-0.1, -0.05) is 0 Å². The highest BCUT2D eigenvalue weighted by Crippen LogP contribution is 2.36. The Balaban J connectivity index is 2.12. The molecule has 0 bridgehead atoms. The van der Waals surface area contributed by atoms with E-state index in [-0.39, 0.29) is 5.60 Å². The molecule has 1 N–H and O–H groups in total. The Morgan fingerprint density at radius 2 is 2.24 bits per heavy atom. The van der Waals surface area contributed by atoms with Crippen LogP contribution in [0.15, 0.2) is 6.33 Å². The zero-order valence-electron chi connectivity index (χ0n) is 12.2. The molecular formula is C14H17N3O3S. The summed E-state index contributed by atoms with van der Waals surface area (Å²) in [4.78, 5) is 23.1. The molecule has 0 saturated carbocycles. The lowest BCUT2D eigenvalue weighted by Gasteiger charge is -2.39. The number of carboxylic acid groups (broad SMARTS) is 1. The molecule has 1 fully saturated rings. The van der Waals surface area contributed by atoms with E-state index in [1.807, 2.05) is 20.8 Å². The maximum Gasteiger partial charge on any atom is 0.346 e. The Bertz CT molecular complexity index is 711. The number of ether oxygens (including phenoxy) is 1. The van der Waals surface area contributed by atoms with Crippen LogP contribution in [-0.4, -0.2) is 46.3 Å². The molecule has 0 unspecified atom stereocenters. The zero-order chi connectivity index (χ0) is 15.2. The van der Waals surface area contributed by atoms with Crippen LogP contribution in [0, 0.1) is 6.92 Å². The molecule has 112 valence electrons. The highest BCUT2D eigenvalue weighted by atomic mass is 32.1. The van der Waals surface area contributed by atoms with E-state index >= 15 is 0 Å². The summed E-state index contributed by atoms with van der Waals surface area (Å²) in [5, 5.41) is 10.1. The third kappa shape index (κ3) is 2.47. The van der Waals surface area contributed by atoms with Crippen molar-refractivity contribution in [1.82, 2.24) is 9.97 Å². The first kappa shape index (κ1) is 14.2. The number of thiophene rings is 1. The van der Waals surface area contributed by atoms with Gasteiger partial charge in [-0.3, -0.25) is 0 Å². The van der Waals surface area contributed by atoms with Crippen molar-refractivity contribution in [3.05, 3.63) is 16.8 Å². The first-order valence-electron chi connectivity index (χ1n) is 6.75. The van der Waals surface area contributed by atoms with Gasteiger partial charge in [0.15, 0.2) is 0 Å². The van der Waals surface area contributed by atoms with Crippen LogP contribution in [0.25, 0.3) is 10.2 Å². The normalized spacial score (nSPS) is 18.1. The maximum atomic E-state index is 11.3. The van der Waals surface area contributed by atoms with Crippen LogP contribution in [0.5, 0.6) is 0 Å². The number of aromatic nitrogens is 2. The summed E-state index contributed by atoms with van der Waals surface area (Å²) in [6.07, 6.45) is 1.50. The highest BCUT2D eigenvalue weighted by molar-refractivity contribution is 7.20. The number of anilines is 1. The molecule has 0 aliphatic carbocycles. The van der Waals surface area contributed by atoms with Crippen LogP contribution in [0.3, 0.4) is 0 Å². The number of aromatic carboxylic acids is 1. The van der Waals surface area contributed by atoms with Gasteiger partial charge in [-0.05, 0) is 26.3 Å². The van der Waals surface area contributed by atoms with Gasteiger partial charge >= 0.3 is 5.97 Å². The topological polar surface area (TPSA) is 75.5 Å². The quantitative estimate of drug-likeness (QED) is 0.917. The second-order valence-corrected chi connectivity index (χ2v) is 6.77. The van der Waals surface area contributed by atoms with E-state index in [0.717, 1.165) is 34.7 Å². The van der Waals surface area contributed by atoms with E-state index in [1.54, 1.807) is 0 Å². The van der Waals surface area contributed by atoms with Gasteiger partial charge in [0.2, 0.25) is 0 Å². The lowest BCUT2D eigenvalue weighted by Crippen LogP contribution is -2.48. The van der Waals surface area contributed by atoms with Gasteiger partial charge in [0.05, 0.1) is 17.6 Å². The smallest absolute Gasteiger partial charge is 0.346 e. The van der Waals surface area contributed by atoms with Crippen molar-refractivity contribution >= 4 is 33.3 Å². The molecule has 21 heavy (non-hydrogen) atoms. The van der Waals surface area contributed by atoms with Gasteiger partial charge in [-0.25, -0.2) is 14.8 Å². The number of hydrogen-bond donors (Lipinski definition) is 1. The summed E-state index contributed by atoms with van der Waals surface area (Å²) in [5.74, 6) is -0.110. The fourth-order valence-electron chi connectivity index (χ4n) is 2.69. The average Bonchev–Trinajstić information content (AvgIpc) is 2.75. The molecule has 2 aromatic rings. The first-order chi connectivity index (χ1) is 9.89. The number of aryl methyl sites for hydroxylation is 1. The minimum Gasteiger partial charge on any atom is -0.477 e. The first-order valence-corrected chi connectivity index (χ1v) is 7.57. The molecule has 1 aliphatic heterocycles. The average molecular weight is 307 g/mol. The molecule has 3 rings (SSSR count). The number of nitrogens with zero attached hydrogens (tertiary/aromatic N) is 3. The second kappa shape index (κ2) is 4.92. The second-order valence-electron chi connectivity index (χ2n) is 5.77. The van der Waals surface area contributed by atoms with Crippen molar-refractivity contribution in [3.8, 4) is 0 Å². The molecule has 2 aromatic heterocycles. The molecule has 1 aliphatic rings. The molecule has 0 spiro atoms. The minimum absolute atomic E-state index is 0.241. The zero-order valence-corrected chi connectivity index (χ0v) is 13.0. The Morgan fingerprint density at radius 1 is 1.48 bits per heavy atom. The maximum absolute atomic E-state index is 11.3. The number of carbonyl (C=O) groups is 1. The van der Waals surface area contributed by atoms with Gasteiger partial charge in [-0.2, -0.15) is 0 Å². The number of morpholine rings is 1. The Hall–Kier alpha value is -1.73. The van der Waals surface area contributed by atoms with Crippen LogP contribution in [0.4, 0.5) is 5.82 Å². The van der Waals surface area contributed by atoms with Crippen molar-refractivity contribution < 1.29 is 14.6 Å². The molecular weight excluding hydrogens is 290 g/mol. The van der Waals surface area contributed by atoms with Crippen molar-refractivity contribution in [2.24, 2.45) is 0 Å². The van der Waals surface area contributed by atoms with E-state index in [0.29, 0.717) is 11.5 Å². The van der Waals surface area contributed by atoms with E-state index in [2.05, 4.69) is 14.9 Å². The fourth-order valence-corrected chi connectivity index (χ4v) is 3.68. The van der Waals surface area contributed by atoms with Crippen LogP contribution in [0.1, 0.15) is 29.1 Å². The SMILES string of the molecule is Cc1c(C(=O)O)sc2ncnc(N3CCOC(C)(C)C3)c12. The molecule has 3 heterocycles. The van der Waals surface area contributed by atoms with E-state index in [1.165, 1.54) is 17.7 Å². The van der Waals surface area contributed by atoms with Crippen LogP contribution in [-0.2, 0) is 4.74 Å². The summed E-state index contributed by atoms with van der Waals surface area (Å²) in [6, 6.07) is 0. The minimum atomic E-state index is -0.913. The lowest BCUT2D eigenvalue weighted by molar-refractivity contribution is -0.0278. The highest BCUT2D eigenvalue weighted by Gasteiger charge is 2.30. The lowest BCUT2D eigenvalue weighted by atomic mass is 10.1. The predicted octanol–water partition coefficient (Wildman–Crippen LogP) is 2.31. The van der Waals surface area contributed by atoms with Crippen LogP contribution < -0.4 is 4.90 Å². The standard InChI is InChI=1S/C14H17N3O3S/c1-8-9-11(17-4-5-20-14(2,3)6-17)15-7-16-12(9)21-10(8)13(18)19/h7H,4-6H2,1-3H3,(H,18,19). The summed E-state index contributed by atoms with van der Waals surface area (Å²) in [7, 11) is 0. The van der Waals surface area contributed by atoms with Crippen molar-refractivity contribution in [2.75, 3.05) is 24.6 Å². The van der Waals surface area contributed by atoms with Crippen LogP contribution >= 0.6 is 11.3 Å². The molecule has 0 atom stereocenters. The van der Waals surface area contributed by atoms with E-state index < -0.39 is 5.97 Å². The third-order valence-corrected chi connectivity index (χ3v) is 4.81. The summed E-state index contributed by atoms with van der Waals surface area (Å²) < 4.78 is 5.73. The number of rotatable bonds is 2. The largest absolute Gasteiger partial charge is 0.477 e. The van der Waals surface area contributed by atoms with E-state index in [9.17, 15) is 9.90 Å². The van der Waals surface area contributed by atoms with Crippen molar-refractivity contribution in [2.45, 2.75) is 26.4 Å². The molecule has 0 amide bonds. The predicted molar refractivity (Wildman–Crippen MR) is 81.4 cm³/mol. The molecule has 0 radical (unpaired) electrons. The summed E-state index contributed by atoms with van der Waals surface area (Å²) >= 11 is 1.20. The van der Waals surface area contributed by atoms with Gasteiger partial charge in [-0.15, -0.1) is 11.3 Å². The van der Waals surface area contributed by atoms with E-state index in [4.69, 9.17) is 4.74 Å². The molecule has 7 heteroatoms. The van der Waals surface area contributed by atoms with Gasteiger partial charge < -0.3 is 14.7 Å². The van der Waals surface area contributed by atoms with Gasteiger partial charge in [0, 0.05) is 13.1 Å². The monoisotopic (exact) mass is 307 g/mol. The summed E-state index contributed by atoms with van der Waals surface area (Å²) in [5.41, 5.74) is 0.497. The van der Waals surface area contributed by atoms with Crippen LogP contribution in [0.2, 0.25) is 0 Å². The Kier molecular flexibility index (Phi) is 3.33. The van der Waals surface area contributed by atoms with Gasteiger partial charge in [0.25, 0.3) is 0 Å². The summed E-state index contributed by atoms with van der Waals surface area (Å²) in [6.45, 7) is 8.00.